The van der Waals surface area contributed by atoms with E-state index in [1.807, 2.05) is 10.3 Å². The van der Waals surface area contributed by atoms with E-state index in [1.54, 1.807) is 18.5 Å². The van der Waals surface area contributed by atoms with Gasteiger partial charge in [-0.2, -0.15) is 11.3 Å². The normalized spacial score (nSPS) is 15.0. The number of amides is 2. The lowest BCUT2D eigenvalue weighted by molar-refractivity contribution is -0.130. The third-order valence-electron chi connectivity index (χ3n) is 2.95. The summed E-state index contributed by atoms with van der Waals surface area (Å²) in [7, 11) is 1.67. The number of hydrogen-bond acceptors (Lipinski definition) is 3. The molecule has 17 heavy (non-hydrogen) atoms. The molecule has 5 heteroatoms. The smallest absolute Gasteiger partial charge is 0.254 e. The Morgan fingerprint density at radius 2 is 2.12 bits per heavy atom. The molecule has 2 heterocycles. The molecule has 1 fully saturated rings. The van der Waals surface area contributed by atoms with E-state index in [1.165, 1.54) is 16.2 Å². The predicted molar refractivity (Wildman–Crippen MR) is 67.1 cm³/mol. The molecule has 0 radical (unpaired) electrons. The highest BCUT2D eigenvalue weighted by molar-refractivity contribution is 7.08. The van der Waals surface area contributed by atoms with Gasteiger partial charge in [0.15, 0.2) is 0 Å². The molecule has 1 aromatic heterocycles. The minimum atomic E-state index is -0.0844. The summed E-state index contributed by atoms with van der Waals surface area (Å²) in [6.07, 6.45) is 2.15. The van der Waals surface area contributed by atoms with Crippen LogP contribution in [0.1, 0.15) is 23.2 Å². The van der Waals surface area contributed by atoms with E-state index in [-0.39, 0.29) is 18.4 Å². The van der Waals surface area contributed by atoms with Gasteiger partial charge in [-0.25, -0.2) is 0 Å². The van der Waals surface area contributed by atoms with Gasteiger partial charge < -0.3 is 9.80 Å². The molecule has 0 bridgehead atoms. The van der Waals surface area contributed by atoms with Crippen LogP contribution in [0.15, 0.2) is 16.8 Å². The summed E-state index contributed by atoms with van der Waals surface area (Å²) < 4.78 is 0. The zero-order valence-electron chi connectivity index (χ0n) is 9.89. The van der Waals surface area contributed by atoms with Crippen LogP contribution in [0.4, 0.5) is 0 Å². The van der Waals surface area contributed by atoms with Crippen molar-refractivity contribution in [2.24, 2.45) is 0 Å². The first kappa shape index (κ1) is 12.1. The molecular weight excluding hydrogens is 236 g/mol. The Kier molecular flexibility index (Phi) is 3.78. The van der Waals surface area contributed by atoms with Crippen molar-refractivity contribution >= 4 is 23.2 Å². The number of thiophene rings is 1. The molecule has 0 saturated carbocycles. The molecule has 1 aromatic rings. The number of carbonyl (C=O) groups is 2. The highest BCUT2D eigenvalue weighted by atomic mass is 32.1. The van der Waals surface area contributed by atoms with Gasteiger partial charge in [0.1, 0.15) is 0 Å². The van der Waals surface area contributed by atoms with Crippen LogP contribution in [0.25, 0.3) is 0 Å². The SMILES string of the molecule is CN(CC(=O)N1CCCC1)C(=O)c1ccsc1. The standard InChI is InChI=1S/C12H16N2O2S/c1-13(12(16)10-4-7-17-9-10)8-11(15)14-5-2-3-6-14/h4,7,9H,2-3,5-6,8H2,1H3. The molecule has 1 aliphatic rings. The van der Waals surface area contributed by atoms with Crippen molar-refractivity contribution < 1.29 is 9.59 Å². The number of hydrogen-bond donors (Lipinski definition) is 0. The Labute approximate surface area is 105 Å². The van der Waals surface area contributed by atoms with Crippen LogP contribution in [0.3, 0.4) is 0 Å². The summed E-state index contributed by atoms with van der Waals surface area (Å²) in [5.41, 5.74) is 0.659. The second-order valence-electron chi connectivity index (χ2n) is 4.26. The Balaban J connectivity index is 1.90. The van der Waals surface area contributed by atoms with Gasteiger partial charge in [-0.3, -0.25) is 9.59 Å². The van der Waals surface area contributed by atoms with Gasteiger partial charge in [0.25, 0.3) is 5.91 Å². The lowest BCUT2D eigenvalue weighted by Crippen LogP contribution is -2.39. The second-order valence-corrected chi connectivity index (χ2v) is 5.04. The highest BCUT2D eigenvalue weighted by Gasteiger charge is 2.21. The van der Waals surface area contributed by atoms with Crippen LogP contribution < -0.4 is 0 Å². The summed E-state index contributed by atoms with van der Waals surface area (Å²) >= 11 is 1.49. The second kappa shape index (κ2) is 5.31. The van der Waals surface area contributed by atoms with Crippen molar-refractivity contribution in [1.82, 2.24) is 9.80 Å². The zero-order chi connectivity index (χ0) is 12.3. The van der Waals surface area contributed by atoms with Gasteiger partial charge in [0.05, 0.1) is 12.1 Å². The topological polar surface area (TPSA) is 40.6 Å². The Hall–Kier alpha value is -1.36. The van der Waals surface area contributed by atoms with Crippen LogP contribution in [0.5, 0.6) is 0 Å². The summed E-state index contributed by atoms with van der Waals surface area (Å²) in [4.78, 5) is 27.1. The van der Waals surface area contributed by atoms with Crippen molar-refractivity contribution in [3.8, 4) is 0 Å². The van der Waals surface area contributed by atoms with E-state index >= 15 is 0 Å². The van der Waals surface area contributed by atoms with Gasteiger partial charge >= 0.3 is 0 Å². The molecule has 2 rings (SSSR count). The largest absolute Gasteiger partial charge is 0.341 e. The molecule has 0 atom stereocenters. The zero-order valence-corrected chi connectivity index (χ0v) is 10.7. The summed E-state index contributed by atoms with van der Waals surface area (Å²) in [6, 6.07) is 1.78. The van der Waals surface area contributed by atoms with E-state index in [9.17, 15) is 9.59 Å². The van der Waals surface area contributed by atoms with Crippen molar-refractivity contribution in [1.29, 1.82) is 0 Å². The van der Waals surface area contributed by atoms with E-state index in [2.05, 4.69) is 0 Å². The van der Waals surface area contributed by atoms with Gasteiger partial charge in [0.2, 0.25) is 5.91 Å². The molecule has 0 N–H and O–H groups in total. The van der Waals surface area contributed by atoms with Crippen LogP contribution in [-0.4, -0.2) is 48.3 Å². The fourth-order valence-electron chi connectivity index (χ4n) is 1.95. The van der Waals surface area contributed by atoms with Gasteiger partial charge in [-0.05, 0) is 24.3 Å². The van der Waals surface area contributed by atoms with E-state index < -0.39 is 0 Å². The Morgan fingerprint density at radius 1 is 1.41 bits per heavy atom. The third kappa shape index (κ3) is 2.85. The van der Waals surface area contributed by atoms with Gasteiger partial charge in [0, 0.05) is 25.5 Å². The maximum Gasteiger partial charge on any atom is 0.254 e. The molecule has 1 saturated heterocycles. The highest BCUT2D eigenvalue weighted by Crippen LogP contribution is 2.11. The number of likely N-dealkylation sites (tertiary alicyclic amines) is 1. The Morgan fingerprint density at radius 3 is 2.71 bits per heavy atom. The van der Waals surface area contributed by atoms with Crippen LogP contribution >= 0.6 is 11.3 Å². The molecule has 2 amide bonds. The summed E-state index contributed by atoms with van der Waals surface area (Å²) in [6.45, 7) is 1.84. The fourth-order valence-corrected chi connectivity index (χ4v) is 2.58. The van der Waals surface area contributed by atoms with Gasteiger partial charge in [-0.15, -0.1) is 0 Å². The molecule has 0 aromatic carbocycles. The molecule has 1 aliphatic heterocycles. The maximum absolute atomic E-state index is 11.9. The number of rotatable bonds is 3. The number of likely N-dealkylation sites (N-methyl/N-ethyl adjacent to an activating group) is 1. The summed E-state index contributed by atoms with van der Waals surface area (Å²) in [5, 5.41) is 3.67. The molecule has 4 nitrogen and oxygen atoms in total. The molecule has 0 aliphatic carbocycles. The first-order valence-electron chi connectivity index (χ1n) is 5.74. The van der Waals surface area contributed by atoms with Gasteiger partial charge in [-0.1, -0.05) is 0 Å². The van der Waals surface area contributed by atoms with E-state index in [0.717, 1.165) is 25.9 Å². The quantitative estimate of drug-likeness (QED) is 0.817. The van der Waals surface area contributed by atoms with Crippen molar-refractivity contribution in [2.75, 3.05) is 26.7 Å². The first-order chi connectivity index (χ1) is 8.18. The van der Waals surface area contributed by atoms with E-state index in [0.29, 0.717) is 5.56 Å². The molecule has 0 unspecified atom stereocenters. The average Bonchev–Trinajstić information content (AvgIpc) is 3.00. The predicted octanol–water partition coefficient (Wildman–Crippen LogP) is 1.44. The third-order valence-corrected chi connectivity index (χ3v) is 3.63. The minimum Gasteiger partial charge on any atom is -0.341 e. The molecule has 0 spiro atoms. The Bertz CT molecular complexity index is 397. The van der Waals surface area contributed by atoms with Crippen molar-refractivity contribution in [2.45, 2.75) is 12.8 Å². The van der Waals surface area contributed by atoms with E-state index in [4.69, 9.17) is 0 Å². The number of carbonyl (C=O) groups excluding carboxylic acids is 2. The van der Waals surface area contributed by atoms with Crippen molar-refractivity contribution in [3.05, 3.63) is 22.4 Å². The molecule has 92 valence electrons. The number of nitrogens with zero attached hydrogens (tertiary/aromatic N) is 2. The average molecular weight is 252 g/mol. The summed E-state index contributed by atoms with van der Waals surface area (Å²) in [5.74, 6) is -0.0348. The lowest BCUT2D eigenvalue weighted by Gasteiger charge is -2.21. The minimum absolute atomic E-state index is 0.0496. The van der Waals surface area contributed by atoms with Crippen LogP contribution in [0.2, 0.25) is 0 Å². The molecular formula is C12H16N2O2S. The lowest BCUT2D eigenvalue weighted by atomic mass is 10.3. The van der Waals surface area contributed by atoms with Crippen LogP contribution in [-0.2, 0) is 4.79 Å². The maximum atomic E-state index is 11.9. The first-order valence-corrected chi connectivity index (χ1v) is 6.68. The van der Waals surface area contributed by atoms with Crippen molar-refractivity contribution in [3.63, 3.8) is 0 Å². The van der Waals surface area contributed by atoms with Crippen LogP contribution in [0, 0.1) is 0 Å². The fraction of sp³-hybridized carbons (Fsp3) is 0.500. The monoisotopic (exact) mass is 252 g/mol.